The van der Waals surface area contributed by atoms with Crippen LogP contribution in [0.15, 0.2) is 77.3 Å². The quantitative estimate of drug-likeness (QED) is 0.0284. The zero-order chi connectivity index (χ0) is 60.3. The van der Waals surface area contributed by atoms with Crippen molar-refractivity contribution in [1.82, 2.24) is 35.4 Å². The Kier molecular flexibility index (Phi) is 21.5. The normalized spacial score (nSPS) is 16.6. The van der Waals surface area contributed by atoms with Gasteiger partial charge in [0.1, 0.15) is 29.8 Å². The number of aryl methyl sites for hydroxylation is 3. The van der Waals surface area contributed by atoms with E-state index in [2.05, 4.69) is 37.3 Å². The molecule has 83 heavy (non-hydrogen) atoms. The number of sulfone groups is 1. The van der Waals surface area contributed by atoms with Gasteiger partial charge in [0.05, 0.1) is 56.3 Å². The number of carbonyl (C=O) groups is 5. The number of para-hydroxylation sites is 1. The van der Waals surface area contributed by atoms with Crippen LogP contribution in [0, 0.1) is 26.2 Å². The SMILES string of the molecule is Cc1cc(Nc2ncc(C)c(Nc3ccccc3S(=O)(=O)C(C)C)n2)c(OC(C)C)cc1C1CCN(C(=O)CCCC(=O)NC(C(=O)N2C[C@H](OC(=O)CCCCN)C[C@H]2C(=O)N[C@@H](C)c2ccc(-c3scnc3C)cc2)C(C)(C)C)CC1. The number of amides is 4. The lowest BCUT2D eigenvalue weighted by Gasteiger charge is -2.35. The molecule has 2 saturated heterocycles. The van der Waals surface area contributed by atoms with Crippen molar-refractivity contribution in [2.24, 2.45) is 11.1 Å². The number of esters is 1. The molecule has 1 unspecified atom stereocenters. The number of piperidine rings is 1. The van der Waals surface area contributed by atoms with Crippen LogP contribution >= 0.6 is 11.3 Å². The van der Waals surface area contributed by atoms with Crippen molar-refractivity contribution in [2.75, 3.05) is 36.8 Å². The van der Waals surface area contributed by atoms with Crippen molar-refractivity contribution in [2.45, 2.75) is 180 Å². The predicted octanol–water partition coefficient (Wildman–Crippen LogP) is 9.91. The number of anilines is 4. The average molecular weight is 1180 g/mol. The number of rotatable bonds is 24. The molecule has 2 aromatic heterocycles. The molecule has 7 rings (SSSR count). The van der Waals surface area contributed by atoms with Crippen LogP contribution in [-0.4, -0.2) is 118 Å². The number of thiazole rings is 1. The number of nitrogens with zero attached hydrogens (tertiary/aromatic N) is 5. The van der Waals surface area contributed by atoms with Crippen molar-refractivity contribution in [3.05, 3.63) is 100 Å². The fraction of sp³-hybridized carbons (Fsp3) is 0.516. The topological polar surface area (TPSA) is 257 Å². The van der Waals surface area contributed by atoms with E-state index in [1.54, 1.807) is 55.6 Å². The number of likely N-dealkylation sites (tertiary alicyclic amines) is 2. The standard InChI is InChI=1S/C62H84N10O9S2/c1-37(2)80-51-33-47(39(5)31-49(51)68-61-64-34-40(6)58(70-61)67-48-17-12-13-18-52(48)83(78,79)38(3)4)44-26-29-71(30-27-44)54(74)20-16-19-53(73)69-57(62(9,10)11)60(77)72-35-46(81-55(75)21-14-15-28-63)32-50(72)59(76)66-41(7)43-22-24-45(25-23-43)56-42(8)65-36-82-56/h12-13,17-18,22-25,31,33-34,36-38,41,44,46,50,57H,14-16,19-21,26-30,32,35,63H2,1-11H3,(H,66,76)(H,69,73)(H2,64,67,68,70)/t41-,46+,50-,57?/m0/s1. The Labute approximate surface area is 493 Å². The van der Waals surface area contributed by atoms with Crippen LogP contribution in [-0.2, 0) is 38.5 Å². The second kappa shape index (κ2) is 28.1. The van der Waals surface area contributed by atoms with Crippen molar-refractivity contribution in [1.29, 1.82) is 0 Å². The van der Waals surface area contributed by atoms with E-state index < -0.39 is 68.4 Å². The van der Waals surface area contributed by atoms with Gasteiger partial charge in [0.2, 0.25) is 29.6 Å². The van der Waals surface area contributed by atoms with E-state index in [9.17, 15) is 32.4 Å². The number of hydrogen-bond donors (Lipinski definition) is 5. The van der Waals surface area contributed by atoms with Crippen molar-refractivity contribution in [3.63, 3.8) is 0 Å². The fourth-order valence-corrected chi connectivity index (χ4v) is 12.5. The molecule has 3 aromatic carbocycles. The minimum Gasteiger partial charge on any atom is -0.489 e. The van der Waals surface area contributed by atoms with E-state index in [1.807, 2.05) is 103 Å². The molecule has 6 N–H and O–H groups in total. The second-order valence-electron chi connectivity index (χ2n) is 23.5. The third kappa shape index (κ3) is 16.4. The molecule has 2 fully saturated rings. The molecule has 0 bridgehead atoms. The molecule has 4 heterocycles. The van der Waals surface area contributed by atoms with Crippen molar-refractivity contribution in [3.8, 4) is 16.2 Å². The number of ether oxygens (including phenoxy) is 2. The number of hydrogen-bond acceptors (Lipinski definition) is 16. The van der Waals surface area contributed by atoms with E-state index >= 15 is 0 Å². The Morgan fingerprint density at radius 3 is 2.19 bits per heavy atom. The maximum absolute atomic E-state index is 14.7. The molecule has 0 aliphatic carbocycles. The summed E-state index contributed by atoms with van der Waals surface area (Å²) in [6.07, 6.45) is 4.16. The monoisotopic (exact) mass is 1180 g/mol. The first-order chi connectivity index (χ1) is 39.3. The number of nitrogens with two attached hydrogens (primary N) is 1. The van der Waals surface area contributed by atoms with Gasteiger partial charge in [-0.15, -0.1) is 11.3 Å². The van der Waals surface area contributed by atoms with Gasteiger partial charge in [0, 0.05) is 50.5 Å². The maximum Gasteiger partial charge on any atom is 0.306 e. The summed E-state index contributed by atoms with van der Waals surface area (Å²) in [4.78, 5) is 87.5. The van der Waals surface area contributed by atoms with Gasteiger partial charge < -0.3 is 46.3 Å². The smallest absolute Gasteiger partial charge is 0.306 e. The summed E-state index contributed by atoms with van der Waals surface area (Å²) >= 11 is 1.56. The molecule has 19 nitrogen and oxygen atoms in total. The molecule has 21 heteroatoms. The summed E-state index contributed by atoms with van der Waals surface area (Å²) in [7, 11) is -3.58. The van der Waals surface area contributed by atoms with E-state index in [0.29, 0.717) is 61.4 Å². The van der Waals surface area contributed by atoms with E-state index in [4.69, 9.17) is 20.2 Å². The first-order valence-corrected chi connectivity index (χ1v) is 31.4. The van der Waals surface area contributed by atoms with Gasteiger partial charge in [-0.3, -0.25) is 24.0 Å². The Morgan fingerprint density at radius 2 is 1.54 bits per heavy atom. The van der Waals surface area contributed by atoms with Crippen LogP contribution < -0.4 is 31.7 Å². The van der Waals surface area contributed by atoms with Crippen molar-refractivity contribution < 1.29 is 41.9 Å². The summed E-state index contributed by atoms with van der Waals surface area (Å²) in [5, 5.41) is 12.0. The highest BCUT2D eigenvalue weighted by molar-refractivity contribution is 7.92. The van der Waals surface area contributed by atoms with Crippen LogP contribution in [0.25, 0.3) is 10.4 Å². The van der Waals surface area contributed by atoms with Gasteiger partial charge in [0.25, 0.3) is 0 Å². The third-order valence-corrected chi connectivity index (χ3v) is 18.5. The average Bonchev–Trinajstić information content (AvgIpc) is 3.81. The van der Waals surface area contributed by atoms with Gasteiger partial charge in [-0.05, 0) is 152 Å². The number of carbonyl (C=O) groups excluding carboxylic acids is 5. The molecule has 5 aromatic rings. The summed E-state index contributed by atoms with van der Waals surface area (Å²) in [6, 6.07) is 16.3. The fourth-order valence-electron chi connectivity index (χ4n) is 10.5. The molecular formula is C62H84N10O9S2. The minimum atomic E-state index is -3.58. The van der Waals surface area contributed by atoms with Gasteiger partial charge in [-0.2, -0.15) is 4.98 Å². The largest absolute Gasteiger partial charge is 0.489 e. The molecule has 0 spiro atoms. The van der Waals surface area contributed by atoms with Crippen LogP contribution in [0.5, 0.6) is 5.75 Å². The predicted molar refractivity (Wildman–Crippen MR) is 325 cm³/mol. The molecule has 448 valence electrons. The number of aromatic nitrogens is 3. The Morgan fingerprint density at radius 1 is 0.831 bits per heavy atom. The lowest BCUT2D eigenvalue weighted by Crippen LogP contribution is -2.57. The van der Waals surface area contributed by atoms with E-state index in [0.717, 1.165) is 51.2 Å². The lowest BCUT2D eigenvalue weighted by molar-refractivity contribution is -0.149. The first kappa shape index (κ1) is 63.6. The summed E-state index contributed by atoms with van der Waals surface area (Å²) < 4.78 is 38.6. The second-order valence-corrected chi connectivity index (χ2v) is 26.9. The van der Waals surface area contributed by atoms with Gasteiger partial charge in [-0.25, -0.2) is 18.4 Å². The summed E-state index contributed by atoms with van der Waals surface area (Å²) in [5.74, 6) is -0.207. The van der Waals surface area contributed by atoms with Gasteiger partial charge >= 0.3 is 5.97 Å². The van der Waals surface area contributed by atoms with E-state index in [1.165, 1.54) is 4.90 Å². The molecule has 0 radical (unpaired) electrons. The molecule has 4 atom stereocenters. The number of unbranched alkanes of at least 4 members (excludes halogenated alkanes) is 1. The highest BCUT2D eigenvalue weighted by Gasteiger charge is 2.46. The molecular weight excluding hydrogens is 1090 g/mol. The van der Waals surface area contributed by atoms with Crippen LogP contribution in [0.3, 0.4) is 0 Å². The van der Waals surface area contributed by atoms with E-state index in [-0.39, 0.29) is 61.5 Å². The molecule has 2 aliphatic rings. The Bertz CT molecular complexity index is 3210. The maximum atomic E-state index is 14.7. The van der Waals surface area contributed by atoms with Gasteiger partial charge in [-0.1, -0.05) is 57.2 Å². The first-order valence-electron chi connectivity index (χ1n) is 28.9. The molecule has 0 saturated carbocycles. The third-order valence-electron chi connectivity index (χ3n) is 15.3. The van der Waals surface area contributed by atoms with Crippen molar-refractivity contribution >= 4 is 73.9 Å². The number of benzene rings is 3. The molecule has 4 amide bonds. The van der Waals surface area contributed by atoms with Gasteiger partial charge in [0.15, 0.2) is 9.84 Å². The highest BCUT2D eigenvalue weighted by Crippen LogP contribution is 2.39. The Balaban J connectivity index is 0.948. The van der Waals surface area contributed by atoms with Crippen LogP contribution in [0.2, 0.25) is 0 Å². The zero-order valence-electron chi connectivity index (χ0n) is 50.0. The van der Waals surface area contributed by atoms with Crippen LogP contribution in [0.4, 0.5) is 23.1 Å². The number of nitrogens with one attached hydrogen (secondary N) is 4. The zero-order valence-corrected chi connectivity index (χ0v) is 51.6. The minimum absolute atomic E-state index is 0.00807. The summed E-state index contributed by atoms with van der Waals surface area (Å²) in [5.41, 5.74) is 13.5. The Hall–Kier alpha value is -6.97. The summed E-state index contributed by atoms with van der Waals surface area (Å²) in [6.45, 7) is 22.0. The lowest BCUT2D eigenvalue weighted by atomic mass is 9.85. The molecule has 2 aliphatic heterocycles. The highest BCUT2D eigenvalue weighted by atomic mass is 32.2. The van der Waals surface area contributed by atoms with Crippen LogP contribution in [0.1, 0.15) is 153 Å².